The zero-order valence-electron chi connectivity index (χ0n) is 24.6. The van der Waals surface area contributed by atoms with Gasteiger partial charge < -0.3 is 29.8 Å². The first-order valence-corrected chi connectivity index (χ1v) is 14.1. The monoisotopic (exact) mass is 576 g/mol. The van der Waals surface area contributed by atoms with Gasteiger partial charge in [0, 0.05) is 45.1 Å². The summed E-state index contributed by atoms with van der Waals surface area (Å²) in [6, 6.07) is 15.5. The van der Waals surface area contributed by atoms with Crippen LogP contribution in [0.5, 0.6) is 0 Å². The number of aliphatic hydroxyl groups excluding tert-OH is 1. The van der Waals surface area contributed by atoms with Gasteiger partial charge in [0.05, 0.1) is 44.3 Å². The minimum absolute atomic E-state index is 0.0185. The van der Waals surface area contributed by atoms with Gasteiger partial charge in [-0.3, -0.25) is 14.5 Å². The maximum atomic E-state index is 13.4. The van der Waals surface area contributed by atoms with E-state index in [1.807, 2.05) is 65.4 Å². The first kappa shape index (κ1) is 30.9. The number of nitrogens with two attached hydrogens (primary N) is 1. The third-order valence-corrected chi connectivity index (χ3v) is 7.24. The highest BCUT2D eigenvalue weighted by Gasteiger charge is 2.20. The Hall–Kier alpha value is -4.06. The maximum absolute atomic E-state index is 13.4. The summed E-state index contributed by atoms with van der Waals surface area (Å²) < 4.78 is 12.3. The number of aliphatic hydroxyl groups is 1. The number of rotatable bonds is 15. The molecule has 0 saturated heterocycles. The van der Waals surface area contributed by atoms with Crippen LogP contribution in [0.4, 0.5) is 5.82 Å². The SMILES string of the molecule is COCCc1nc2c(N)nc3ccccc3c2n1CCCN(Cc1ccc(CC(=O)OC)cc1)C(=O)CN(C)CCO. The molecule has 0 aliphatic carbocycles. The predicted octanol–water partition coefficient (Wildman–Crippen LogP) is 2.41. The summed E-state index contributed by atoms with van der Waals surface area (Å²) in [4.78, 5) is 38.1. The summed E-state index contributed by atoms with van der Waals surface area (Å²) in [6.45, 7) is 2.66. The van der Waals surface area contributed by atoms with Gasteiger partial charge in [-0.1, -0.05) is 42.5 Å². The number of hydrogen-bond donors (Lipinski definition) is 2. The highest BCUT2D eigenvalue weighted by atomic mass is 16.5. The Morgan fingerprint density at radius 1 is 1.02 bits per heavy atom. The fraction of sp³-hybridized carbons (Fsp3) is 0.419. The number of likely N-dealkylation sites (N-methyl/N-ethyl adjacent to an activating group) is 1. The number of benzene rings is 2. The van der Waals surface area contributed by atoms with E-state index in [2.05, 4.69) is 9.55 Å². The lowest BCUT2D eigenvalue weighted by Crippen LogP contribution is -2.40. The smallest absolute Gasteiger partial charge is 0.309 e. The van der Waals surface area contributed by atoms with Crippen LogP contribution < -0.4 is 5.73 Å². The van der Waals surface area contributed by atoms with E-state index in [0.29, 0.717) is 57.0 Å². The van der Waals surface area contributed by atoms with Crippen molar-refractivity contribution in [3.05, 3.63) is 65.5 Å². The van der Waals surface area contributed by atoms with Crippen molar-refractivity contribution in [3.8, 4) is 0 Å². The minimum atomic E-state index is -0.298. The molecular weight excluding hydrogens is 536 g/mol. The van der Waals surface area contributed by atoms with Crippen LogP contribution in [-0.4, -0.2) is 95.4 Å². The van der Waals surface area contributed by atoms with E-state index in [0.717, 1.165) is 33.4 Å². The highest BCUT2D eigenvalue weighted by molar-refractivity contribution is 6.06. The third-order valence-electron chi connectivity index (χ3n) is 7.24. The molecule has 4 rings (SSSR count). The molecule has 0 aliphatic rings. The second-order valence-electron chi connectivity index (χ2n) is 10.3. The molecule has 11 heteroatoms. The molecule has 2 aromatic heterocycles. The number of methoxy groups -OCH3 is 2. The summed E-state index contributed by atoms with van der Waals surface area (Å²) >= 11 is 0. The van der Waals surface area contributed by atoms with Gasteiger partial charge in [0.15, 0.2) is 5.82 Å². The van der Waals surface area contributed by atoms with Gasteiger partial charge >= 0.3 is 5.97 Å². The first-order valence-electron chi connectivity index (χ1n) is 14.1. The van der Waals surface area contributed by atoms with Gasteiger partial charge in [0.25, 0.3) is 0 Å². The summed E-state index contributed by atoms with van der Waals surface area (Å²) in [5.74, 6) is 0.922. The summed E-state index contributed by atoms with van der Waals surface area (Å²) in [7, 11) is 4.85. The molecule has 3 N–H and O–H groups in total. The van der Waals surface area contributed by atoms with Crippen molar-refractivity contribution in [2.24, 2.45) is 0 Å². The number of fused-ring (bicyclic) bond motifs is 3. The molecule has 2 heterocycles. The van der Waals surface area contributed by atoms with Crippen molar-refractivity contribution in [2.45, 2.75) is 32.4 Å². The van der Waals surface area contributed by atoms with Crippen molar-refractivity contribution in [2.75, 3.05) is 59.8 Å². The van der Waals surface area contributed by atoms with Gasteiger partial charge in [-0.15, -0.1) is 0 Å². The fourth-order valence-corrected chi connectivity index (χ4v) is 5.04. The zero-order valence-corrected chi connectivity index (χ0v) is 24.6. The number of imidazole rings is 1. The molecule has 0 unspecified atom stereocenters. The molecule has 42 heavy (non-hydrogen) atoms. The average molecular weight is 577 g/mol. The summed E-state index contributed by atoms with van der Waals surface area (Å²) in [5, 5.41) is 10.3. The average Bonchev–Trinajstić information content (AvgIpc) is 3.35. The number of ether oxygens (including phenoxy) is 2. The number of pyridine rings is 1. The van der Waals surface area contributed by atoms with Crippen molar-refractivity contribution in [1.82, 2.24) is 24.3 Å². The molecule has 2 aromatic carbocycles. The number of para-hydroxylation sites is 1. The number of nitrogens with zero attached hydrogens (tertiary/aromatic N) is 5. The standard InChI is InChI=1S/C31H40N6O5/c1-35(16-17-38)21-27(39)36(20-23-11-9-22(10-12-23)19-28(40)42-3)14-6-15-37-26(13-18-41-2)34-29-30(37)24-7-4-5-8-25(24)33-31(29)32/h4-5,7-12,38H,6,13-21H2,1-3H3,(H2,32,33). The molecule has 0 bridgehead atoms. The molecule has 1 amide bonds. The van der Waals surface area contributed by atoms with E-state index in [4.69, 9.17) is 20.2 Å². The van der Waals surface area contributed by atoms with E-state index < -0.39 is 0 Å². The Morgan fingerprint density at radius 3 is 2.48 bits per heavy atom. The molecule has 0 aliphatic heterocycles. The molecule has 0 spiro atoms. The number of carbonyl (C=O) groups is 2. The zero-order chi connectivity index (χ0) is 30.1. The minimum Gasteiger partial charge on any atom is -0.469 e. The lowest BCUT2D eigenvalue weighted by Gasteiger charge is -2.26. The van der Waals surface area contributed by atoms with Gasteiger partial charge in [-0.25, -0.2) is 9.97 Å². The lowest BCUT2D eigenvalue weighted by molar-refractivity contribution is -0.139. The van der Waals surface area contributed by atoms with Crippen LogP contribution in [0.15, 0.2) is 48.5 Å². The van der Waals surface area contributed by atoms with Crippen LogP contribution >= 0.6 is 0 Å². The van der Waals surface area contributed by atoms with E-state index in [1.165, 1.54) is 7.11 Å². The number of carbonyl (C=O) groups excluding carboxylic acids is 2. The Balaban J connectivity index is 1.57. The molecule has 11 nitrogen and oxygen atoms in total. The van der Waals surface area contributed by atoms with Crippen LogP contribution in [0.1, 0.15) is 23.4 Å². The van der Waals surface area contributed by atoms with Crippen LogP contribution in [0.3, 0.4) is 0 Å². The number of aromatic nitrogens is 3. The topological polar surface area (TPSA) is 136 Å². The van der Waals surface area contributed by atoms with Gasteiger partial charge in [-0.05, 0) is 30.7 Å². The van der Waals surface area contributed by atoms with Gasteiger partial charge in [0.2, 0.25) is 5.91 Å². The fourth-order valence-electron chi connectivity index (χ4n) is 5.04. The summed E-state index contributed by atoms with van der Waals surface area (Å²) in [5.41, 5.74) is 10.6. The van der Waals surface area contributed by atoms with E-state index in [-0.39, 0.29) is 31.4 Å². The Bertz CT molecular complexity index is 1500. The number of anilines is 1. The van der Waals surface area contributed by atoms with E-state index >= 15 is 0 Å². The van der Waals surface area contributed by atoms with Crippen LogP contribution in [0.2, 0.25) is 0 Å². The van der Waals surface area contributed by atoms with Crippen LogP contribution in [0, 0.1) is 0 Å². The van der Waals surface area contributed by atoms with E-state index in [1.54, 1.807) is 7.11 Å². The number of nitrogen functional groups attached to an aromatic ring is 1. The molecule has 0 saturated carbocycles. The van der Waals surface area contributed by atoms with Crippen LogP contribution in [-0.2, 0) is 45.0 Å². The molecule has 224 valence electrons. The Labute approximate surface area is 245 Å². The number of hydrogen-bond acceptors (Lipinski definition) is 9. The Morgan fingerprint density at radius 2 is 1.76 bits per heavy atom. The molecule has 4 aromatic rings. The van der Waals surface area contributed by atoms with Crippen molar-refractivity contribution < 1.29 is 24.2 Å². The number of esters is 1. The summed E-state index contributed by atoms with van der Waals surface area (Å²) in [6.07, 6.45) is 1.49. The molecular formula is C31H40N6O5. The maximum Gasteiger partial charge on any atom is 0.309 e. The molecule has 0 fully saturated rings. The van der Waals surface area contributed by atoms with E-state index in [9.17, 15) is 14.7 Å². The number of aryl methyl sites for hydroxylation is 1. The third kappa shape index (κ3) is 7.61. The predicted molar refractivity (Wildman–Crippen MR) is 162 cm³/mol. The van der Waals surface area contributed by atoms with Crippen LogP contribution in [0.25, 0.3) is 21.9 Å². The van der Waals surface area contributed by atoms with Gasteiger partial charge in [0.1, 0.15) is 11.3 Å². The molecule has 0 radical (unpaired) electrons. The van der Waals surface area contributed by atoms with Crippen molar-refractivity contribution >= 4 is 39.6 Å². The second-order valence-corrected chi connectivity index (χ2v) is 10.3. The quantitative estimate of drug-likeness (QED) is 0.205. The van der Waals surface area contributed by atoms with Crippen molar-refractivity contribution in [3.63, 3.8) is 0 Å². The normalized spacial score (nSPS) is 11.5. The Kier molecular flexibility index (Phi) is 10.8. The number of amides is 1. The van der Waals surface area contributed by atoms with Crippen molar-refractivity contribution in [1.29, 1.82) is 0 Å². The molecule has 0 atom stereocenters. The lowest BCUT2D eigenvalue weighted by atomic mass is 10.1. The first-order chi connectivity index (χ1) is 20.3. The van der Waals surface area contributed by atoms with Gasteiger partial charge in [-0.2, -0.15) is 0 Å². The largest absolute Gasteiger partial charge is 0.469 e. The second kappa shape index (κ2) is 14.7. The highest BCUT2D eigenvalue weighted by Crippen LogP contribution is 2.29.